The number of ether oxygens (including phenoxy) is 4. The van der Waals surface area contributed by atoms with Crippen molar-refractivity contribution >= 4 is 16.4 Å². The lowest BCUT2D eigenvalue weighted by Gasteiger charge is -2.41. The third kappa shape index (κ3) is 35.7. The first-order valence-corrected chi connectivity index (χ1v) is 25.7. The van der Waals surface area contributed by atoms with Crippen LogP contribution in [-0.4, -0.2) is 97.5 Å². The molecule has 13 heteroatoms. The molecule has 0 spiro atoms. The van der Waals surface area contributed by atoms with Crippen LogP contribution in [0.4, 0.5) is 0 Å². The normalized spacial score (nSPS) is 20.6. The van der Waals surface area contributed by atoms with Gasteiger partial charge < -0.3 is 34.3 Å². The van der Waals surface area contributed by atoms with Gasteiger partial charge in [0.15, 0.2) is 6.29 Å². The highest BCUT2D eigenvalue weighted by molar-refractivity contribution is 7.80. The Kier molecular flexibility index (Phi) is 39.3. The van der Waals surface area contributed by atoms with Crippen LogP contribution in [0.2, 0.25) is 0 Å². The van der Waals surface area contributed by atoms with Gasteiger partial charge in [-0.3, -0.25) is 9.35 Å². The maximum atomic E-state index is 12.9. The number of unbranched alkanes of at least 4 members (excludes halogenated alkanes) is 7. The van der Waals surface area contributed by atoms with E-state index in [-0.39, 0.29) is 19.6 Å². The molecule has 374 valence electrons. The summed E-state index contributed by atoms with van der Waals surface area (Å²) in [7, 11) is -5.08. The lowest BCUT2D eigenvalue weighted by molar-refractivity contribution is -0.301. The molecular formula is C53H84O12S. The molecule has 12 nitrogen and oxygen atoms in total. The van der Waals surface area contributed by atoms with Crippen molar-refractivity contribution in [3.63, 3.8) is 0 Å². The van der Waals surface area contributed by atoms with Crippen molar-refractivity contribution in [1.82, 2.24) is 0 Å². The van der Waals surface area contributed by atoms with Gasteiger partial charge in [0.05, 0.1) is 19.8 Å². The monoisotopic (exact) mass is 945 g/mol. The number of aliphatic hydroxyl groups excluding tert-OH is 3. The largest absolute Gasteiger partial charge is 0.457 e. The Morgan fingerprint density at radius 2 is 1.00 bits per heavy atom. The molecule has 0 aromatic heterocycles. The minimum Gasteiger partial charge on any atom is -0.457 e. The minimum absolute atomic E-state index is 0.00430. The zero-order chi connectivity index (χ0) is 48.2. The van der Waals surface area contributed by atoms with Crippen molar-refractivity contribution in [3.05, 3.63) is 122 Å². The molecule has 1 heterocycles. The Hall–Kier alpha value is -3.50. The summed E-state index contributed by atoms with van der Waals surface area (Å²) in [6, 6.07) is 0. The first-order valence-electron chi connectivity index (χ1n) is 24.3. The van der Waals surface area contributed by atoms with Crippen LogP contribution in [0, 0.1) is 0 Å². The van der Waals surface area contributed by atoms with E-state index in [9.17, 15) is 33.1 Å². The molecule has 4 N–H and O–H groups in total. The van der Waals surface area contributed by atoms with Gasteiger partial charge in [0.2, 0.25) is 0 Å². The summed E-state index contributed by atoms with van der Waals surface area (Å²) in [5.74, 6) is -0.446. The number of esters is 1. The predicted molar refractivity (Wildman–Crippen MR) is 266 cm³/mol. The fraction of sp³-hybridized carbons (Fsp3) is 0.604. The molecule has 0 aliphatic carbocycles. The molecule has 66 heavy (non-hydrogen) atoms. The Labute approximate surface area is 398 Å². The molecule has 6 unspecified atom stereocenters. The van der Waals surface area contributed by atoms with E-state index in [0.717, 1.165) is 116 Å². The SMILES string of the molecule is CC/C=C\C/C=C\C/C=C\C/C=C\C/C=C\CCCCCCOCC(COC1OC(CO)C(O)C(OS(=O)(=O)O)C1O)OC(=O)CCCCC/C=C\C/C=C\C/C=C\C/C=C\C/C=C\CC. The molecule has 6 atom stereocenters. The molecular weight excluding hydrogens is 861 g/mol. The maximum absolute atomic E-state index is 12.9. The van der Waals surface area contributed by atoms with Crippen LogP contribution in [0.5, 0.6) is 0 Å². The van der Waals surface area contributed by atoms with E-state index in [0.29, 0.717) is 13.0 Å². The number of hydrogen-bond acceptors (Lipinski definition) is 11. The van der Waals surface area contributed by atoms with Gasteiger partial charge in [-0.05, 0) is 103 Å². The maximum Gasteiger partial charge on any atom is 0.397 e. The van der Waals surface area contributed by atoms with Crippen molar-refractivity contribution in [3.8, 4) is 0 Å². The van der Waals surface area contributed by atoms with E-state index in [4.69, 9.17) is 18.9 Å². The second-order valence-corrected chi connectivity index (χ2v) is 17.0. The van der Waals surface area contributed by atoms with Crippen LogP contribution in [0.3, 0.4) is 0 Å². The number of carbonyl (C=O) groups excluding carboxylic acids is 1. The lowest BCUT2D eigenvalue weighted by atomic mass is 9.99. The van der Waals surface area contributed by atoms with Gasteiger partial charge in [0, 0.05) is 13.0 Å². The highest BCUT2D eigenvalue weighted by atomic mass is 32.3. The highest BCUT2D eigenvalue weighted by Gasteiger charge is 2.48. The van der Waals surface area contributed by atoms with Crippen LogP contribution >= 0.6 is 0 Å². The fourth-order valence-corrected chi connectivity index (χ4v) is 7.00. The Morgan fingerprint density at radius 1 is 0.576 bits per heavy atom. The minimum atomic E-state index is -5.08. The van der Waals surface area contributed by atoms with Gasteiger partial charge in [-0.25, -0.2) is 4.18 Å². The molecule has 0 saturated carbocycles. The average Bonchev–Trinajstić information content (AvgIpc) is 3.29. The topological polar surface area (TPSA) is 178 Å². The van der Waals surface area contributed by atoms with Crippen molar-refractivity contribution in [2.45, 2.75) is 179 Å². The summed E-state index contributed by atoms with van der Waals surface area (Å²) < 4.78 is 59.1. The van der Waals surface area contributed by atoms with Crippen molar-refractivity contribution in [2.75, 3.05) is 26.4 Å². The third-order valence-corrected chi connectivity index (χ3v) is 10.5. The molecule has 0 amide bonds. The molecule has 0 aromatic rings. The number of hydrogen-bond donors (Lipinski definition) is 4. The quantitative estimate of drug-likeness (QED) is 0.0198. The van der Waals surface area contributed by atoms with Gasteiger partial charge in [-0.1, -0.05) is 155 Å². The second kappa shape index (κ2) is 42.8. The van der Waals surface area contributed by atoms with Crippen molar-refractivity contribution < 1.29 is 56.2 Å². The van der Waals surface area contributed by atoms with Gasteiger partial charge in [0.25, 0.3) is 0 Å². The van der Waals surface area contributed by atoms with Gasteiger partial charge in [0.1, 0.15) is 30.5 Å². The standard InChI is InChI=1S/C53H84O12S/c1-3-5-7-9-11-13-15-17-19-21-23-25-27-29-31-33-35-37-39-41-43-61-45-47(46-62-53-51(57)52(65-66(58,59)60)50(56)48(44-54)64-53)63-49(55)42-40-38-36-34-32-30-28-26-24-22-20-18-16-14-12-10-8-6-4-2/h5-8,11-14,17-20,23-26,29-32,47-48,50-54,56-57H,3-4,9-10,15-16,21-22,27-28,33-46H2,1-2H3,(H,58,59,60)/b7-5-,8-6-,13-11-,14-12-,19-17-,20-18-,25-23-,26-24-,31-29-,32-30-. The predicted octanol–water partition coefficient (Wildman–Crippen LogP) is 11.0. The molecule has 0 bridgehead atoms. The Balaban J connectivity index is 2.46. The van der Waals surface area contributed by atoms with Crippen LogP contribution in [-0.2, 0) is 38.3 Å². The van der Waals surface area contributed by atoms with E-state index in [2.05, 4.69) is 140 Å². The summed E-state index contributed by atoms with van der Waals surface area (Å²) in [6.07, 6.45) is 52.3. The molecule has 1 aliphatic heterocycles. The fourth-order valence-electron chi connectivity index (χ4n) is 6.49. The van der Waals surface area contributed by atoms with Crippen LogP contribution in [0.25, 0.3) is 0 Å². The smallest absolute Gasteiger partial charge is 0.397 e. The van der Waals surface area contributed by atoms with Crippen molar-refractivity contribution in [2.24, 2.45) is 0 Å². The Morgan fingerprint density at radius 3 is 1.44 bits per heavy atom. The number of rotatable bonds is 40. The van der Waals surface area contributed by atoms with E-state index >= 15 is 0 Å². The van der Waals surface area contributed by atoms with E-state index < -0.39 is 59.8 Å². The Bertz CT molecular complexity index is 1610. The van der Waals surface area contributed by atoms with Crippen LogP contribution in [0.15, 0.2) is 122 Å². The molecule has 1 fully saturated rings. The van der Waals surface area contributed by atoms with Crippen molar-refractivity contribution in [1.29, 1.82) is 0 Å². The second-order valence-electron chi connectivity index (χ2n) is 15.9. The van der Waals surface area contributed by atoms with E-state index in [1.165, 1.54) is 0 Å². The molecule has 1 rings (SSSR count). The summed E-state index contributed by atoms with van der Waals surface area (Å²) in [6.45, 7) is 3.63. The van der Waals surface area contributed by atoms with Gasteiger partial charge in [-0.2, -0.15) is 8.42 Å². The first-order chi connectivity index (χ1) is 32.1. The zero-order valence-electron chi connectivity index (χ0n) is 39.9. The number of allylic oxidation sites excluding steroid dienone is 20. The summed E-state index contributed by atoms with van der Waals surface area (Å²) in [4.78, 5) is 12.9. The summed E-state index contributed by atoms with van der Waals surface area (Å²) >= 11 is 0. The first kappa shape index (κ1) is 60.5. The zero-order valence-corrected chi connectivity index (χ0v) is 40.8. The highest BCUT2D eigenvalue weighted by Crippen LogP contribution is 2.26. The molecule has 0 aromatic carbocycles. The average molecular weight is 945 g/mol. The van der Waals surface area contributed by atoms with Gasteiger partial charge in [-0.15, -0.1) is 0 Å². The van der Waals surface area contributed by atoms with Crippen LogP contribution in [0.1, 0.15) is 142 Å². The summed E-state index contributed by atoms with van der Waals surface area (Å²) in [5.41, 5.74) is 0. The van der Waals surface area contributed by atoms with E-state index in [1.807, 2.05) is 0 Å². The van der Waals surface area contributed by atoms with Crippen LogP contribution < -0.4 is 0 Å². The molecule has 1 aliphatic rings. The number of carbonyl (C=O) groups is 1. The molecule has 1 saturated heterocycles. The molecule has 0 radical (unpaired) electrons. The van der Waals surface area contributed by atoms with E-state index in [1.54, 1.807) is 0 Å². The number of aliphatic hydroxyl groups is 3. The third-order valence-electron chi connectivity index (χ3n) is 10.1. The lowest BCUT2D eigenvalue weighted by Crippen LogP contribution is -2.60. The summed E-state index contributed by atoms with van der Waals surface area (Å²) in [5, 5.41) is 30.7. The van der Waals surface area contributed by atoms with Gasteiger partial charge >= 0.3 is 16.4 Å².